The number of aromatic nitrogens is 1. The van der Waals surface area contributed by atoms with Crippen molar-refractivity contribution in [3.63, 3.8) is 0 Å². The molecule has 25 heavy (non-hydrogen) atoms. The van der Waals surface area contributed by atoms with Crippen molar-refractivity contribution in [3.8, 4) is 0 Å². The molecule has 0 aliphatic rings. The van der Waals surface area contributed by atoms with Crippen LogP contribution in [0.25, 0.3) is 0 Å². The first kappa shape index (κ1) is 18.3. The zero-order valence-electron chi connectivity index (χ0n) is 13.4. The van der Waals surface area contributed by atoms with E-state index in [0.29, 0.717) is 11.7 Å². The van der Waals surface area contributed by atoms with Gasteiger partial charge in [-0.3, -0.25) is 14.9 Å². The second-order valence-corrected chi connectivity index (χ2v) is 5.78. The first-order chi connectivity index (χ1) is 12.1. The lowest BCUT2D eigenvalue weighted by molar-refractivity contribution is -0.132. The van der Waals surface area contributed by atoms with E-state index in [4.69, 9.17) is 4.74 Å². The molecule has 1 heterocycles. The van der Waals surface area contributed by atoms with Gasteiger partial charge in [-0.2, -0.15) is 0 Å². The number of nitrogens with one attached hydrogen (secondary N) is 2. The van der Waals surface area contributed by atoms with Gasteiger partial charge in [-0.15, -0.1) is 17.9 Å². The van der Waals surface area contributed by atoms with E-state index in [-0.39, 0.29) is 12.1 Å². The van der Waals surface area contributed by atoms with Gasteiger partial charge in [-0.25, -0.2) is 9.78 Å². The number of nitrogens with zero attached hydrogens (tertiary/aromatic N) is 1. The molecule has 0 radical (unpaired) electrons. The topological polar surface area (TPSA) is 97.4 Å². The van der Waals surface area contributed by atoms with Gasteiger partial charge >= 0.3 is 5.97 Å². The van der Waals surface area contributed by atoms with E-state index in [1.165, 1.54) is 16.7 Å². The van der Waals surface area contributed by atoms with Crippen LogP contribution in [0.15, 0.2) is 48.4 Å². The summed E-state index contributed by atoms with van der Waals surface area (Å²) in [6, 6.07) is 9.01. The van der Waals surface area contributed by atoms with Crippen molar-refractivity contribution >= 4 is 34.3 Å². The summed E-state index contributed by atoms with van der Waals surface area (Å²) in [7, 11) is 0. The van der Waals surface area contributed by atoms with Gasteiger partial charge in [0.1, 0.15) is 0 Å². The highest BCUT2D eigenvalue weighted by Gasteiger charge is 2.15. The number of carbonyl (C=O) groups excluding carboxylic acids is 3. The molecule has 0 saturated heterocycles. The third kappa shape index (κ3) is 6.19. The minimum atomic E-state index is -0.728. The van der Waals surface area contributed by atoms with Crippen LogP contribution in [0.1, 0.15) is 16.1 Å². The van der Waals surface area contributed by atoms with E-state index in [0.717, 1.165) is 5.56 Å². The van der Waals surface area contributed by atoms with Crippen LogP contribution in [0, 0.1) is 0 Å². The molecule has 1 aromatic carbocycles. The lowest BCUT2D eigenvalue weighted by atomic mass is 10.1. The van der Waals surface area contributed by atoms with Crippen LogP contribution in [0.2, 0.25) is 0 Å². The molecule has 0 aliphatic carbocycles. The van der Waals surface area contributed by atoms with E-state index >= 15 is 0 Å². The van der Waals surface area contributed by atoms with Gasteiger partial charge in [-0.1, -0.05) is 36.4 Å². The molecule has 0 bridgehead atoms. The number of carbonyl (C=O) groups is 3. The Bertz CT molecular complexity index is 758. The van der Waals surface area contributed by atoms with Crippen molar-refractivity contribution in [2.45, 2.75) is 6.42 Å². The second kappa shape index (κ2) is 9.33. The van der Waals surface area contributed by atoms with E-state index < -0.39 is 24.4 Å². The number of amides is 2. The van der Waals surface area contributed by atoms with Gasteiger partial charge in [0.2, 0.25) is 5.91 Å². The monoisotopic (exact) mass is 359 g/mol. The Morgan fingerprint density at radius 3 is 2.68 bits per heavy atom. The van der Waals surface area contributed by atoms with E-state index in [1.807, 2.05) is 6.07 Å². The third-order valence-electron chi connectivity index (χ3n) is 2.93. The predicted octanol–water partition coefficient (Wildman–Crippen LogP) is 1.78. The Morgan fingerprint density at radius 2 is 1.96 bits per heavy atom. The normalized spacial score (nSPS) is 9.92. The van der Waals surface area contributed by atoms with Crippen LogP contribution < -0.4 is 10.6 Å². The molecule has 0 spiro atoms. The maximum absolute atomic E-state index is 11.8. The SMILES string of the molecule is C=CCNc1nc(C(=O)OCC(=O)NC(=O)Cc2ccccc2)cs1. The first-order valence-corrected chi connectivity index (χ1v) is 8.30. The zero-order valence-corrected chi connectivity index (χ0v) is 14.2. The highest BCUT2D eigenvalue weighted by atomic mass is 32.1. The van der Waals surface area contributed by atoms with Crippen LogP contribution >= 0.6 is 11.3 Å². The minimum absolute atomic E-state index is 0.0744. The van der Waals surface area contributed by atoms with Gasteiger partial charge in [0.15, 0.2) is 17.4 Å². The number of ether oxygens (including phenoxy) is 1. The molecule has 2 amide bonds. The molecule has 2 N–H and O–H groups in total. The number of hydrogen-bond donors (Lipinski definition) is 2. The molecule has 0 fully saturated rings. The predicted molar refractivity (Wildman–Crippen MR) is 94.4 cm³/mol. The Labute approximate surface area is 148 Å². The molecule has 7 nitrogen and oxygen atoms in total. The summed E-state index contributed by atoms with van der Waals surface area (Å²) in [6.07, 6.45) is 1.74. The lowest BCUT2D eigenvalue weighted by Gasteiger charge is -2.05. The van der Waals surface area contributed by atoms with Crippen molar-refractivity contribution < 1.29 is 19.1 Å². The first-order valence-electron chi connectivity index (χ1n) is 7.42. The fraction of sp³-hybridized carbons (Fsp3) is 0.176. The summed E-state index contributed by atoms with van der Waals surface area (Å²) in [4.78, 5) is 39.3. The van der Waals surface area contributed by atoms with Crippen molar-refractivity contribution in [2.24, 2.45) is 0 Å². The quantitative estimate of drug-likeness (QED) is 0.551. The Kier molecular flexibility index (Phi) is 6.85. The summed E-state index contributed by atoms with van der Waals surface area (Å²) in [5, 5.41) is 7.18. The van der Waals surface area contributed by atoms with Crippen molar-refractivity contribution in [2.75, 3.05) is 18.5 Å². The number of benzene rings is 1. The Hall–Kier alpha value is -3.00. The summed E-state index contributed by atoms with van der Waals surface area (Å²) < 4.78 is 4.85. The molecule has 0 atom stereocenters. The van der Waals surface area contributed by atoms with Crippen molar-refractivity contribution in [1.82, 2.24) is 10.3 Å². The summed E-state index contributed by atoms with van der Waals surface area (Å²) in [5.74, 6) is -1.88. The van der Waals surface area contributed by atoms with Gasteiger partial charge in [-0.05, 0) is 5.56 Å². The Balaban J connectivity index is 1.75. The van der Waals surface area contributed by atoms with Crippen LogP contribution in [0.3, 0.4) is 0 Å². The average molecular weight is 359 g/mol. The molecule has 0 aliphatic heterocycles. The molecule has 2 aromatic rings. The number of rotatable bonds is 8. The van der Waals surface area contributed by atoms with Crippen LogP contribution in [0.5, 0.6) is 0 Å². The smallest absolute Gasteiger partial charge is 0.358 e. The van der Waals surface area contributed by atoms with Gasteiger partial charge in [0.25, 0.3) is 5.91 Å². The number of anilines is 1. The van der Waals surface area contributed by atoms with Gasteiger partial charge in [0, 0.05) is 11.9 Å². The third-order valence-corrected chi connectivity index (χ3v) is 3.73. The maximum atomic E-state index is 11.8. The lowest BCUT2D eigenvalue weighted by Crippen LogP contribution is -2.35. The number of hydrogen-bond acceptors (Lipinski definition) is 7. The highest BCUT2D eigenvalue weighted by molar-refractivity contribution is 7.13. The minimum Gasteiger partial charge on any atom is -0.451 e. The van der Waals surface area contributed by atoms with Crippen molar-refractivity contribution in [3.05, 3.63) is 59.6 Å². The fourth-order valence-corrected chi connectivity index (χ4v) is 2.52. The van der Waals surface area contributed by atoms with Crippen LogP contribution in [-0.2, 0) is 20.7 Å². The second-order valence-electron chi connectivity index (χ2n) is 4.92. The molecule has 8 heteroatoms. The van der Waals surface area contributed by atoms with E-state index in [9.17, 15) is 14.4 Å². The van der Waals surface area contributed by atoms with Crippen molar-refractivity contribution in [1.29, 1.82) is 0 Å². The molecular formula is C17H17N3O4S. The molecule has 0 unspecified atom stereocenters. The van der Waals surface area contributed by atoms with Gasteiger partial charge in [0.05, 0.1) is 6.42 Å². The number of esters is 1. The maximum Gasteiger partial charge on any atom is 0.358 e. The fourth-order valence-electron chi connectivity index (χ4n) is 1.83. The van der Waals surface area contributed by atoms with Crippen LogP contribution in [-0.4, -0.2) is 35.9 Å². The largest absolute Gasteiger partial charge is 0.451 e. The summed E-state index contributed by atoms with van der Waals surface area (Å²) in [6.45, 7) is 3.54. The molecule has 130 valence electrons. The molecule has 0 saturated carbocycles. The zero-order chi connectivity index (χ0) is 18.1. The van der Waals surface area contributed by atoms with E-state index in [2.05, 4.69) is 22.2 Å². The molecule has 2 rings (SSSR count). The summed E-state index contributed by atoms with van der Waals surface area (Å²) >= 11 is 1.24. The van der Waals surface area contributed by atoms with Gasteiger partial charge < -0.3 is 10.1 Å². The molecule has 1 aromatic heterocycles. The Morgan fingerprint density at radius 1 is 1.20 bits per heavy atom. The summed E-state index contributed by atoms with van der Waals surface area (Å²) in [5.41, 5.74) is 0.881. The standard InChI is InChI=1S/C17H17N3O4S/c1-2-8-18-17-19-13(11-25-17)16(23)24-10-15(22)20-14(21)9-12-6-4-3-5-7-12/h2-7,11H,1,8-10H2,(H,18,19)(H,20,21,22). The number of thiazole rings is 1. The molecular weight excluding hydrogens is 342 g/mol. The van der Waals surface area contributed by atoms with Crippen LogP contribution in [0.4, 0.5) is 5.13 Å². The van der Waals surface area contributed by atoms with E-state index in [1.54, 1.807) is 30.3 Å². The number of imide groups is 1. The highest BCUT2D eigenvalue weighted by Crippen LogP contribution is 2.15. The average Bonchev–Trinajstić information content (AvgIpc) is 3.07.